The average Bonchev–Trinajstić information content (AvgIpc) is 3.34. The maximum atomic E-state index is 6.28. The first-order chi connectivity index (χ1) is 16.6. The number of imidazole rings is 1. The van der Waals surface area contributed by atoms with Gasteiger partial charge in [0, 0.05) is 66.4 Å². The molecule has 3 heterocycles. The molecule has 174 valence electrons. The third-order valence-electron chi connectivity index (χ3n) is 5.83. The summed E-state index contributed by atoms with van der Waals surface area (Å²) < 4.78 is 7.40. The molecule has 34 heavy (non-hydrogen) atoms. The minimum Gasteiger partial charge on any atom is -0.398 e. The molecule has 0 spiro atoms. The molecule has 2 aromatic carbocycles. The van der Waals surface area contributed by atoms with E-state index in [0.29, 0.717) is 23.9 Å². The fraction of sp³-hybridized carbons (Fsp3) is 0.240. The molecule has 5 N–H and O–H groups in total. The van der Waals surface area contributed by atoms with Gasteiger partial charge in [0.25, 0.3) is 0 Å². The molecule has 0 saturated carbocycles. The van der Waals surface area contributed by atoms with E-state index < -0.39 is 0 Å². The van der Waals surface area contributed by atoms with Crippen molar-refractivity contribution in [3.8, 4) is 11.3 Å². The number of rotatable bonds is 6. The average molecular weight is 457 g/mol. The molecule has 1 aliphatic heterocycles. The van der Waals surface area contributed by atoms with E-state index in [2.05, 4.69) is 44.5 Å². The molecule has 0 radical (unpaired) electrons. The van der Waals surface area contributed by atoms with E-state index in [1.54, 1.807) is 6.20 Å². The van der Waals surface area contributed by atoms with Gasteiger partial charge in [-0.2, -0.15) is 0 Å². The number of fused-ring (bicyclic) bond motifs is 1. The van der Waals surface area contributed by atoms with Crippen LogP contribution in [-0.4, -0.2) is 53.1 Å². The molecule has 9 heteroatoms. The molecular weight excluding hydrogens is 428 g/mol. The summed E-state index contributed by atoms with van der Waals surface area (Å²) in [5, 5.41) is 3.43. The van der Waals surface area contributed by atoms with Gasteiger partial charge in [-0.25, -0.2) is 9.97 Å². The number of nitrogens with two attached hydrogens (primary N) is 2. The summed E-state index contributed by atoms with van der Waals surface area (Å²) in [6, 6.07) is 14.1. The van der Waals surface area contributed by atoms with Crippen LogP contribution in [0.3, 0.4) is 0 Å². The lowest BCUT2D eigenvalue weighted by Crippen LogP contribution is -2.36. The van der Waals surface area contributed by atoms with Crippen molar-refractivity contribution in [3.63, 3.8) is 0 Å². The number of amidine groups is 1. The molecule has 2 aromatic heterocycles. The van der Waals surface area contributed by atoms with E-state index >= 15 is 0 Å². The molecule has 0 amide bonds. The first kappa shape index (κ1) is 21.7. The zero-order valence-electron chi connectivity index (χ0n) is 19.1. The van der Waals surface area contributed by atoms with E-state index in [9.17, 15) is 0 Å². The zero-order valence-corrected chi connectivity index (χ0v) is 19.1. The first-order valence-corrected chi connectivity index (χ1v) is 11.4. The van der Waals surface area contributed by atoms with Crippen molar-refractivity contribution in [1.29, 1.82) is 0 Å². The van der Waals surface area contributed by atoms with Gasteiger partial charge in [-0.05, 0) is 43.3 Å². The predicted molar refractivity (Wildman–Crippen MR) is 137 cm³/mol. The van der Waals surface area contributed by atoms with Gasteiger partial charge >= 0.3 is 0 Å². The van der Waals surface area contributed by atoms with Gasteiger partial charge in [-0.15, -0.1) is 0 Å². The lowest BCUT2D eigenvalue weighted by molar-refractivity contribution is 0.122. The minimum absolute atomic E-state index is 0.437. The number of hydrogen-bond donors (Lipinski definition) is 3. The van der Waals surface area contributed by atoms with Crippen LogP contribution in [0.2, 0.25) is 0 Å². The quantitative estimate of drug-likeness (QED) is 0.231. The molecule has 1 fully saturated rings. The van der Waals surface area contributed by atoms with Crippen LogP contribution in [0.15, 0.2) is 66.0 Å². The Morgan fingerprint density at radius 3 is 2.68 bits per heavy atom. The summed E-state index contributed by atoms with van der Waals surface area (Å²) in [6.45, 7) is 5.88. The lowest BCUT2D eigenvalue weighted by Gasteiger charge is -2.28. The number of aromatic nitrogens is 3. The summed E-state index contributed by atoms with van der Waals surface area (Å²) in [7, 11) is 0. The van der Waals surface area contributed by atoms with Gasteiger partial charge in [0.2, 0.25) is 0 Å². The molecule has 1 aliphatic rings. The second-order valence-electron chi connectivity index (χ2n) is 8.07. The minimum atomic E-state index is 0.437. The Bertz CT molecular complexity index is 1320. The number of anilines is 4. The summed E-state index contributed by atoms with van der Waals surface area (Å²) in [4.78, 5) is 15.9. The molecule has 0 unspecified atom stereocenters. The van der Waals surface area contributed by atoms with Crippen LogP contribution in [0.4, 0.5) is 22.9 Å². The topological polar surface area (TPSA) is 119 Å². The Morgan fingerprint density at radius 2 is 1.94 bits per heavy atom. The molecule has 5 rings (SSSR count). The largest absolute Gasteiger partial charge is 0.398 e. The second-order valence-corrected chi connectivity index (χ2v) is 8.07. The van der Waals surface area contributed by atoms with Gasteiger partial charge < -0.3 is 30.8 Å². The van der Waals surface area contributed by atoms with Gasteiger partial charge in [0.15, 0.2) is 11.5 Å². The third-order valence-corrected chi connectivity index (χ3v) is 5.83. The molecule has 0 bridgehead atoms. The van der Waals surface area contributed by atoms with Crippen LogP contribution in [-0.2, 0) is 4.74 Å². The van der Waals surface area contributed by atoms with E-state index in [4.69, 9.17) is 21.2 Å². The van der Waals surface area contributed by atoms with Crippen LogP contribution >= 0.6 is 0 Å². The maximum absolute atomic E-state index is 6.28. The van der Waals surface area contributed by atoms with E-state index in [-0.39, 0.29) is 0 Å². The molecular formula is C25H28N8O. The first-order valence-electron chi connectivity index (χ1n) is 11.4. The SMILES string of the molecule is CCN=C(N)c1ccc(-c2cn3ccnc3c(Nc3ccc(N4CCOCC4)cc3)n2)cc1N. The highest BCUT2D eigenvalue weighted by Gasteiger charge is 2.14. The van der Waals surface area contributed by atoms with E-state index in [0.717, 1.165) is 54.5 Å². The van der Waals surface area contributed by atoms with Crippen molar-refractivity contribution in [2.75, 3.05) is 48.8 Å². The van der Waals surface area contributed by atoms with Crippen LogP contribution in [0.5, 0.6) is 0 Å². The van der Waals surface area contributed by atoms with Crippen LogP contribution < -0.4 is 21.7 Å². The Balaban J connectivity index is 1.44. The summed E-state index contributed by atoms with van der Waals surface area (Å²) >= 11 is 0. The second kappa shape index (κ2) is 9.40. The van der Waals surface area contributed by atoms with E-state index in [1.165, 1.54) is 5.69 Å². The number of nitrogen functional groups attached to an aromatic ring is 1. The third kappa shape index (κ3) is 4.38. The number of ether oxygens (including phenoxy) is 1. The Morgan fingerprint density at radius 1 is 1.15 bits per heavy atom. The van der Waals surface area contributed by atoms with E-state index in [1.807, 2.05) is 41.9 Å². The molecule has 0 atom stereocenters. The highest BCUT2D eigenvalue weighted by atomic mass is 16.5. The maximum Gasteiger partial charge on any atom is 0.180 e. The van der Waals surface area contributed by atoms with Gasteiger partial charge in [-0.3, -0.25) is 4.99 Å². The Hall–Kier alpha value is -4.11. The lowest BCUT2D eigenvalue weighted by atomic mass is 10.1. The van der Waals surface area contributed by atoms with Gasteiger partial charge in [-0.1, -0.05) is 6.07 Å². The van der Waals surface area contributed by atoms with Crippen LogP contribution in [0, 0.1) is 0 Å². The fourth-order valence-electron chi connectivity index (χ4n) is 4.08. The van der Waals surface area contributed by atoms with Crippen molar-refractivity contribution in [2.45, 2.75) is 6.92 Å². The Labute approximate surface area is 198 Å². The molecule has 0 aliphatic carbocycles. The molecule has 4 aromatic rings. The van der Waals surface area contributed by atoms with Crippen molar-refractivity contribution in [2.24, 2.45) is 10.7 Å². The van der Waals surface area contributed by atoms with Crippen LogP contribution in [0.25, 0.3) is 16.9 Å². The number of morpholine rings is 1. The van der Waals surface area contributed by atoms with Crippen LogP contribution in [0.1, 0.15) is 12.5 Å². The summed E-state index contributed by atoms with van der Waals surface area (Å²) in [5.41, 5.74) is 18.1. The molecule has 9 nitrogen and oxygen atoms in total. The van der Waals surface area contributed by atoms with Gasteiger partial charge in [0.1, 0.15) is 5.84 Å². The van der Waals surface area contributed by atoms with Crippen molar-refractivity contribution in [3.05, 3.63) is 66.6 Å². The normalized spacial score (nSPS) is 14.5. The number of nitrogens with zero attached hydrogens (tertiary/aromatic N) is 5. The van der Waals surface area contributed by atoms with Crippen molar-refractivity contribution in [1.82, 2.24) is 14.4 Å². The molecule has 1 saturated heterocycles. The van der Waals surface area contributed by atoms with Gasteiger partial charge in [0.05, 0.1) is 18.9 Å². The number of benzene rings is 2. The predicted octanol–water partition coefficient (Wildman–Crippen LogP) is 3.28. The smallest absolute Gasteiger partial charge is 0.180 e. The van der Waals surface area contributed by atoms with Crippen molar-refractivity contribution >= 4 is 34.4 Å². The standard InChI is InChI=1S/C25H28N8O/c1-2-28-23(27)20-8-3-17(15-21(20)26)22-16-33-10-9-29-25(33)24(31-22)30-18-4-6-19(7-5-18)32-11-13-34-14-12-32/h3-10,15-16H,2,11-14,26H2,1H3,(H2,27,28)(H,30,31). The fourth-order valence-corrected chi connectivity index (χ4v) is 4.08. The number of nitrogens with one attached hydrogen (secondary N) is 1. The highest BCUT2D eigenvalue weighted by Crippen LogP contribution is 2.28. The Kier molecular flexibility index (Phi) is 6.01. The summed E-state index contributed by atoms with van der Waals surface area (Å²) in [5.74, 6) is 1.10. The number of hydrogen-bond acceptors (Lipinski definition) is 7. The number of aliphatic imine (C=N–C) groups is 1. The highest BCUT2D eigenvalue weighted by molar-refractivity contribution is 6.02. The summed E-state index contributed by atoms with van der Waals surface area (Å²) in [6.07, 6.45) is 5.59. The monoisotopic (exact) mass is 456 g/mol. The van der Waals surface area contributed by atoms with Crippen molar-refractivity contribution < 1.29 is 4.74 Å². The zero-order chi connectivity index (χ0) is 23.5.